The molecule has 1 aromatic carbocycles. The Morgan fingerprint density at radius 1 is 0.500 bits per heavy atom. The van der Waals surface area contributed by atoms with E-state index >= 15 is 0 Å². The predicted octanol–water partition coefficient (Wildman–Crippen LogP) is 10.4. The molecule has 0 heteroatoms. The minimum Gasteiger partial charge on any atom is -0.0842 e. The largest absolute Gasteiger partial charge is 0.0842 e. The van der Waals surface area contributed by atoms with Crippen LogP contribution in [0.1, 0.15) is 51.4 Å². The van der Waals surface area contributed by atoms with Crippen LogP contribution in [0.3, 0.4) is 0 Å². The number of fused-ring (bicyclic) bond motifs is 3. The Labute approximate surface area is 286 Å². The molecular formula is C48H44. The Morgan fingerprint density at radius 3 is 1.98 bits per heavy atom. The zero-order valence-corrected chi connectivity index (χ0v) is 27.8. The van der Waals surface area contributed by atoms with Crippen molar-refractivity contribution in [3.63, 3.8) is 0 Å². The second-order valence-corrected chi connectivity index (χ2v) is 14.4. The summed E-state index contributed by atoms with van der Waals surface area (Å²) in [6, 6.07) is 9.28. The van der Waals surface area contributed by atoms with Gasteiger partial charge in [0.05, 0.1) is 0 Å². The molecule has 0 saturated heterocycles. The van der Waals surface area contributed by atoms with Gasteiger partial charge in [-0.2, -0.15) is 0 Å². The van der Waals surface area contributed by atoms with Gasteiger partial charge in [0.25, 0.3) is 0 Å². The molecule has 1 aromatic rings. The van der Waals surface area contributed by atoms with Gasteiger partial charge in [-0.25, -0.2) is 0 Å². The van der Waals surface area contributed by atoms with E-state index in [1.54, 1.807) is 22.3 Å². The first kappa shape index (κ1) is 29.5. The minimum absolute atomic E-state index is 0.380. The van der Waals surface area contributed by atoms with Crippen LogP contribution in [0.15, 0.2) is 190 Å². The lowest BCUT2D eigenvalue weighted by molar-refractivity contribution is 0.602. The first-order chi connectivity index (χ1) is 23.8. The summed E-state index contributed by atoms with van der Waals surface area (Å²) in [7, 11) is 0. The first-order valence-electron chi connectivity index (χ1n) is 18.3. The van der Waals surface area contributed by atoms with Crippen LogP contribution in [-0.4, -0.2) is 0 Å². The fourth-order valence-corrected chi connectivity index (χ4v) is 9.33. The Bertz CT molecular complexity index is 2120. The lowest BCUT2D eigenvalue weighted by Gasteiger charge is -2.36. The number of allylic oxidation sites excluding steroid dienone is 28. The molecule has 0 N–H and O–H groups in total. The number of hydrogen-bond acceptors (Lipinski definition) is 0. The molecule has 0 radical (unpaired) electrons. The summed E-state index contributed by atoms with van der Waals surface area (Å²) in [5, 5.41) is 2.89. The zero-order valence-electron chi connectivity index (χ0n) is 27.8. The summed E-state index contributed by atoms with van der Waals surface area (Å²) >= 11 is 0. The Hall–Kier alpha value is -4.68. The van der Waals surface area contributed by atoms with Gasteiger partial charge in [-0.3, -0.25) is 0 Å². The highest BCUT2D eigenvalue weighted by Gasteiger charge is 2.34. The molecule has 48 heavy (non-hydrogen) atoms. The summed E-state index contributed by atoms with van der Waals surface area (Å²) in [5.74, 6) is 1.61. The molecule has 0 saturated carbocycles. The molecule has 236 valence electrons. The fourth-order valence-electron chi connectivity index (χ4n) is 9.33. The number of benzene rings is 1. The molecule has 4 atom stereocenters. The van der Waals surface area contributed by atoms with Crippen LogP contribution >= 0.6 is 0 Å². The van der Waals surface area contributed by atoms with Gasteiger partial charge in [0.1, 0.15) is 0 Å². The van der Waals surface area contributed by atoms with Gasteiger partial charge in [-0.15, -0.1) is 0 Å². The maximum atomic E-state index is 2.56. The third-order valence-electron chi connectivity index (χ3n) is 11.7. The van der Waals surface area contributed by atoms with Crippen LogP contribution in [0.25, 0.3) is 11.1 Å². The average Bonchev–Trinajstić information content (AvgIpc) is 3.16. The van der Waals surface area contributed by atoms with Gasteiger partial charge in [-0.1, -0.05) is 146 Å². The van der Waals surface area contributed by atoms with Crippen molar-refractivity contribution in [2.24, 2.45) is 23.7 Å². The lowest BCUT2D eigenvalue weighted by Crippen LogP contribution is -2.40. The van der Waals surface area contributed by atoms with Gasteiger partial charge in [0.15, 0.2) is 0 Å². The van der Waals surface area contributed by atoms with E-state index in [4.69, 9.17) is 0 Å². The highest BCUT2D eigenvalue weighted by atomic mass is 14.4. The van der Waals surface area contributed by atoms with Crippen molar-refractivity contribution in [3.05, 3.63) is 201 Å². The van der Waals surface area contributed by atoms with E-state index in [0.717, 1.165) is 32.1 Å². The van der Waals surface area contributed by atoms with E-state index in [2.05, 4.69) is 146 Å². The second-order valence-electron chi connectivity index (χ2n) is 14.4. The van der Waals surface area contributed by atoms with E-state index < -0.39 is 0 Å². The highest BCUT2D eigenvalue weighted by molar-refractivity contribution is 5.81. The maximum Gasteiger partial charge on any atom is 0.0134 e. The average molecular weight is 621 g/mol. The number of rotatable bonds is 5. The van der Waals surface area contributed by atoms with E-state index in [0.29, 0.717) is 23.7 Å². The fraction of sp³-hybridized carbons (Fsp3) is 0.250. The van der Waals surface area contributed by atoms with Crippen LogP contribution in [-0.2, 0) is 0 Å². The van der Waals surface area contributed by atoms with Crippen LogP contribution < -0.4 is 10.4 Å². The molecule has 0 aromatic heterocycles. The molecule has 4 unspecified atom stereocenters. The monoisotopic (exact) mass is 620 g/mol. The smallest absolute Gasteiger partial charge is 0.0134 e. The van der Waals surface area contributed by atoms with Gasteiger partial charge in [0.2, 0.25) is 0 Å². The van der Waals surface area contributed by atoms with Gasteiger partial charge in [-0.05, 0) is 118 Å². The van der Waals surface area contributed by atoms with Crippen molar-refractivity contribution in [1.29, 1.82) is 0 Å². The maximum absolute atomic E-state index is 2.56. The summed E-state index contributed by atoms with van der Waals surface area (Å²) < 4.78 is 0. The molecule has 0 heterocycles. The second kappa shape index (κ2) is 12.7. The van der Waals surface area contributed by atoms with Gasteiger partial charge >= 0.3 is 0 Å². The summed E-state index contributed by atoms with van der Waals surface area (Å²) in [6.07, 6.45) is 56.4. The molecular weight excluding hydrogens is 577 g/mol. The summed E-state index contributed by atoms with van der Waals surface area (Å²) in [6.45, 7) is 0. The van der Waals surface area contributed by atoms with E-state index in [-0.39, 0.29) is 0 Å². The van der Waals surface area contributed by atoms with Crippen LogP contribution in [0, 0.1) is 23.7 Å². The van der Waals surface area contributed by atoms with Crippen molar-refractivity contribution in [2.75, 3.05) is 0 Å². The van der Waals surface area contributed by atoms with Crippen molar-refractivity contribution < 1.29 is 0 Å². The quantitative estimate of drug-likeness (QED) is 0.307. The molecule has 9 rings (SSSR count). The third-order valence-corrected chi connectivity index (χ3v) is 11.7. The number of hydrogen-bond donors (Lipinski definition) is 0. The molecule has 0 fully saturated rings. The zero-order chi connectivity index (χ0) is 31.9. The molecule has 0 amide bonds. The van der Waals surface area contributed by atoms with Crippen molar-refractivity contribution in [3.8, 4) is 0 Å². The van der Waals surface area contributed by atoms with Gasteiger partial charge in [0, 0.05) is 23.7 Å². The SMILES string of the molecule is C1=CCCC(C2=CC=C(C=CC3=CC=C(C4=c5ccccc5=C(C5=CC6=C(C=CCC6)CC5)C5C=CC=CC45)CC3)C3C=CC=CC23)=C1. The van der Waals surface area contributed by atoms with Crippen LogP contribution in [0.4, 0.5) is 0 Å². The Morgan fingerprint density at radius 2 is 1.23 bits per heavy atom. The summed E-state index contributed by atoms with van der Waals surface area (Å²) in [5.41, 5.74) is 15.1. The topological polar surface area (TPSA) is 0 Å². The summed E-state index contributed by atoms with van der Waals surface area (Å²) in [4.78, 5) is 0. The van der Waals surface area contributed by atoms with Crippen molar-refractivity contribution in [2.45, 2.75) is 51.4 Å². The van der Waals surface area contributed by atoms with Crippen LogP contribution in [0.5, 0.6) is 0 Å². The van der Waals surface area contributed by atoms with E-state index in [1.165, 1.54) is 63.1 Å². The van der Waals surface area contributed by atoms with Crippen molar-refractivity contribution in [1.82, 2.24) is 0 Å². The van der Waals surface area contributed by atoms with E-state index in [1.807, 2.05) is 0 Å². The highest BCUT2D eigenvalue weighted by Crippen LogP contribution is 2.45. The first-order valence-corrected chi connectivity index (χ1v) is 18.3. The predicted molar refractivity (Wildman–Crippen MR) is 203 cm³/mol. The van der Waals surface area contributed by atoms with E-state index in [9.17, 15) is 0 Å². The normalized spacial score (nSPS) is 28.6. The molecule has 0 bridgehead atoms. The molecule has 0 spiro atoms. The standard InChI is InChI=1S/C48H44/c1-2-13-35(14-3-1)41-31-30-36(40-16-6-7-17-42(40)41)25-22-33-23-26-37(27-24-33)47-43-18-8-10-20-45(43)48(46-21-11-9-19-44(46)47)39-29-28-34-12-4-5-15-38(34)32-39/h1-2,4,6-13,16-23,25-26,30-32,40,42-43,45H,3,5,14-15,24,27-29H2. The van der Waals surface area contributed by atoms with Crippen LogP contribution in [0.2, 0.25) is 0 Å². The lowest BCUT2D eigenvalue weighted by atomic mass is 9.67. The third kappa shape index (κ3) is 5.32. The Balaban J connectivity index is 1.06. The minimum atomic E-state index is 0.380. The molecule has 8 aliphatic carbocycles. The molecule has 8 aliphatic rings. The Kier molecular flexibility index (Phi) is 7.82. The molecule has 0 nitrogen and oxygen atoms in total. The van der Waals surface area contributed by atoms with Gasteiger partial charge < -0.3 is 0 Å². The van der Waals surface area contributed by atoms with Crippen molar-refractivity contribution >= 4 is 11.1 Å². The molecule has 0 aliphatic heterocycles.